The summed E-state index contributed by atoms with van der Waals surface area (Å²) >= 11 is 0. The van der Waals surface area contributed by atoms with E-state index in [1.165, 1.54) is 4.90 Å². The summed E-state index contributed by atoms with van der Waals surface area (Å²) in [4.78, 5) is 26.2. The molecule has 0 radical (unpaired) electrons. The maximum atomic E-state index is 12.6. The van der Waals surface area contributed by atoms with Crippen LogP contribution in [0.1, 0.15) is 44.7 Å². The maximum Gasteiger partial charge on any atom is 0.416 e. The van der Waals surface area contributed by atoms with E-state index in [-0.39, 0.29) is 30.3 Å². The summed E-state index contributed by atoms with van der Waals surface area (Å²) in [5.74, 6) is -0.914. The van der Waals surface area contributed by atoms with Crippen molar-refractivity contribution in [2.45, 2.75) is 31.2 Å². The van der Waals surface area contributed by atoms with Crippen molar-refractivity contribution in [2.24, 2.45) is 0 Å². The van der Waals surface area contributed by atoms with Crippen molar-refractivity contribution in [2.75, 3.05) is 13.1 Å². The number of alkyl halides is 6. The van der Waals surface area contributed by atoms with Gasteiger partial charge in [-0.15, -0.1) is 0 Å². The lowest BCUT2D eigenvalue weighted by Crippen LogP contribution is -2.46. The maximum absolute atomic E-state index is 12.6. The van der Waals surface area contributed by atoms with Crippen LogP contribution in [0.2, 0.25) is 0 Å². The minimum atomic E-state index is -4.48. The van der Waals surface area contributed by atoms with Gasteiger partial charge in [0.05, 0.1) is 11.1 Å². The van der Waals surface area contributed by atoms with Gasteiger partial charge in [-0.25, -0.2) is 0 Å². The summed E-state index contributed by atoms with van der Waals surface area (Å²) in [6.07, 6.45) is -8.13. The zero-order chi connectivity index (χ0) is 22.8. The van der Waals surface area contributed by atoms with E-state index < -0.39 is 35.3 Å². The molecule has 1 aliphatic heterocycles. The number of amides is 2. The van der Waals surface area contributed by atoms with E-state index in [0.717, 1.165) is 48.5 Å². The molecule has 4 nitrogen and oxygen atoms in total. The van der Waals surface area contributed by atoms with Crippen molar-refractivity contribution in [1.82, 2.24) is 10.2 Å². The molecule has 0 bridgehead atoms. The van der Waals surface area contributed by atoms with Crippen molar-refractivity contribution in [3.8, 4) is 0 Å². The molecule has 1 fully saturated rings. The van der Waals surface area contributed by atoms with Crippen LogP contribution in [0.5, 0.6) is 0 Å². The van der Waals surface area contributed by atoms with Crippen LogP contribution >= 0.6 is 0 Å². The summed E-state index contributed by atoms with van der Waals surface area (Å²) < 4.78 is 75.7. The normalized spacial score (nSPS) is 15.6. The molecule has 0 atom stereocenters. The molecular weight excluding hydrogens is 426 g/mol. The highest BCUT2D eigenvalue weighted by atomic mass is 19.4. The monoisotopic (exact) mass is 444 g/mol. The van der Waals surface area contributed by atoms with E-state index in [1.54, 1.807) is 0 Å². The molecule has 1 N–H and O–H groups in total. The third kappa shape index (κ3) is 5.56. The number of piperidine rings is 1. The molecule has 2 amide bonds. The first-order chi connectivity index (χ1) is 14.4. The molecule has 1 heterocycles. The van der Waals surface area contributed by atoms with Gasteiger partial charge in [0.15, 0.2) is 0 Å². The molecule has 0 unspecified atom stereocenters. The summed E-state index contributed by atoms with van der Waals surface area (Å²) in [5, 5.41) is 2.73. The molecule has 10 heteroatoms. The minimum absolute atomic E-state index is 0.0938. The first kappa shape index (κ1) is 22.6. The Labute approximate surface area is 173 Å². The predicted octanol–water partition coefficient (Wildman–Crippen LogP) is 4.76. The van der Waals surface area contributed by atoms with Crippen molar-refractivity contribution in [3.63, 3.8) is 0 Å². The Morgan fingerprint density at radius 3 is 1.58 bits per heavy atom. The minimum Gasteiger partial charge on any atom is -0.349 e. The third-order valence-corrected chi connectivity index (χ3v) is 5.05. The number of nitrogens with one attached hydrogen (secondary N) is 1. The number of hydrogen-bond acceptors (Lipinski definition) is 2. The van der Waals surface area contributed by atoms with Gasteiger partial charge in [0.25, 0.3) is 11.8 Å². The van der Waals surface area contributed by atoms with E-state index in [0.29, 0.717) is 12.8 Å². The molecule has 0 aliphatic carbocycles. The van der Waals surface area contributed by atoms with Gasteiger partial charge in [0.2, 0.25) is 0 Å². The Hall–Kier alpha value is -3.04. The van der Waals surface area contributed by atoms with Crippen molar-refractivity contribution < 1.29 is 35.9 Å². The van der Waals surface area contributed by atoms with Crippen LogP contribution in [0.4, 0.5) is 26.3 Å². The standard InChI is InChI=1S/C21H18F6N2O2/c22-20(23,24)15-5-1-13(2-6-15)18(30)28-17-9-11-29(12-10-17)19(31)14-3-7-16(8-4-14)21(25,26)27/h1-8,17H,9-12H2,(H,28,30). The van der Waals surface area contributed by atoms with E-state index in [4.69, 9.17) is 0 Å². The molecule has 1 aliphatic rings. The summed E-state index contributed by atoms with van der Waals surface area (Å²) in [5.41, 5.74) is -1.45. The molecule has 0 spiro atoms. The van der Waals surface area contributed by atoms with Crippen LogP contribution in [0.3, 0.4) is 0 Å². The zero-order valence-electron chi connectivity index (χ0n) is 16.1. The fraction of sp³-hybridized carbons (Fsp3) is 0.333. The molecule has 1 saturated heterocycles. The fourth-order valence-corrected chi connectivity index (χ4v) is 3.29. The largest absolute Gasteiger partial charge is 0.416 e. The summed E-state index contributed by atoms with van der Waals surface area (Å²) in [6.45, 7) is 0.579. The van der Waals surface area contributed by atoms with Crippen molar-refractivity contribution >= 4 is 11.8 Å². The number of carbonyl (C=O) groups is 2. The molecule has 166 valence electrons. The van der Waals surface area contributed by atoms with Crippen molar-refractivity contribution in [3.05, 3.63) is 70.8 Å². The van der Waals surface area contributed by atoms with Crippen LogP contribution in [-0.2, 0) is 12.4 Å². The number of halogens is 6. The second-order valence-electron chi connectivity index (χ2n) is 7.19. The average Bonchev–Trinajstić information content (AvgIpc) is 2.73. The SMILES string of the molecule is O=C(NC1CCN(C(=O)c2ccc(C(F)(F)F)cc2)CC1)c1ccc(C(F)(F)F)cc1. The average molecular weight is 444 g/mol. The Morgan fingerprint density at radius 1 is 0.742 bits per heavy atom. The lowest BCUT2D eigenvalue weighted by Gasteiger charge is -2.32. The van der Waals surface area contributed by atoms with Gasteiger partial charge in [-0.3, -0.25) is 9.59 Å². The van der Waals surface area contributed by atoms with Gasteiger partial charge < -0.3 is 10.2 Å². The number of carbonyl (C=O) groups excluding carboxylic acids is 2. The Balaban J connectivity index is 1.53. The van der Waals surface area contributed by atoms with Gasteiger partial charge in [-0.05, 0) is 61.4 Å². The number of likely N-dealkylation sites (tertiary alicyclic amines) is 1. The number of benzene rings is 2. The molecular formula is C21H18F6N2O2. The van der Waals surface area contributed by atoms with Crippen LogP contribution in [0.15, 0.2) is 48.5 Å². The quantitative estimate of drug-likeness (QED) is 0.695. The van der Waals surface area contributed by atoms with Crippen LogP contribution in [-0.4, -0.2) is 35.8 Å². The number of rotatable bonds is 3. The Bertz CT molecular complexity index is 928. The molecule has 2 aromatic rings. The second kappa shape index (κ2) is 8.60. The van der Waals surface area contributed by atoms with Crippen LogP contribution in [0.25, 0.3) is 0 Å². The van der Waals surface area contributed by atoms with Crippen LogP contribution < -0.4 is 5.32 Å². The smallest absolute Gasteiger partial charge is 0.349 e. The molecule has 3 rings (SSSR count). The van der Waals surface area contributed by atoms with Crippen molar-refractivity contribution in [1.29, 1.82) is 0 Å². The summed E-state index contributed by atoms with van der Waals surface area (Å²) in [7, 11) is 0. The number of hydrogen-bond donors (Lipinski definition) is 1. The molecule has 0 aromatic heterocycles. The first-order valence-electron chi connectivity index (χ1n) is 9.40. The fourth-order valence-electron chi connectivity index (χ4n) is 3.29. The molecule has 0 saturated carbocycles. The van der Waals surface area contributed by atoms with E-state index in [2.05, 4.69) is 5.32 Å². The van der Waals surface area contributed by atoms with Gasteiger partial charge in [-0.2, -0.15) is 26.3 Å². The zero-order valence-corrected chi connectivity index (χ0v) is 16.1. The summed E-state index contributed by atoms with van der Waals surface area (Å²) in [6, 6.07) is 7.55. The topological polar surface area (TPSA) is 49.4 Å². The van der Waals surface area contributed by atoms with Gasteiger partial charge in [0.1, 0.15) is 0 Å². The lowest BCUT2D eigenvalue weighted by atomic mass is 10.0. The number of nitrogens with zero attached hydrogens (tertiary/aromatic N) is 1. The van der Waals surface area contributed by atoms with Gasteiger partial charge >= 0.3 is 12.4 Å². The molecule has 2 aromatic carbocycles. The van der Waals surface area contributed by atoms with E-state index in [1.807, 2.05) is 0 Å². The lowest BCUT2D eigenvalue weighted by molar-refractivity contribution is -0.138. The Morgan fingerprint density at radius 2 is 1.16 bits per heavy atom. The Kier molecular flexibility index (Phi) is 6.28. The van der Waals surface area contributed by atoms with E-state index >= 15 is 0 Å². The van der Waals surface area contributed by atoms with Gasteiger partial charge in [-0.1, -0.05) is 0 Å². The highest BCUT2D eigenvalue weighted by Crippen LogP contribution is 2.30. The third-order valence-electron chi connectivity index (χ3n) is 5.05. The van der Waals surface area contributed by atoms with Gasteiger partial charge in [0, 0.05) is 30.3 Å². The highest BCUT2D eigenvalue weighted by molar-refractivity contribution is 5.95. The van der Waals surface area contributed by atoms with E-state index in [9.17, 15) is 35.9 Å². The molecule has 31 heavy (non-hydrogen) atoms. The highest BCUT2D eigenvalue weighted by Gasteiger charge is 2.32. The predicted molar refractivity (Wildman–Crippen MR) is 99.3 cm³/mol. The van der Waals surface area contributed by atoms with Crippen LogP contribution in [0, 0.1) is 0 Å². The first-order valence-corrected chi connectivity index (χ1v) is 9.40. The second-order valence-corrected chi connectivity index (χ2v) is 7.19.